The smallest absolute Gasteiger partial charge is 0.262 e. The zero-order valence-electron chi connectivity index (χ0n) is 18.8. The quantitative estimate of drug-likeness (QED) is 0.456. The number of carbonyl (C=O) groups excluding carboxylic acids is 2. The van der Waals surface area contributed by atoms with Crippen LogP contribution in [0.3, 0.4) is 0 Å². The summed E-state index contributed by atoms with van der Waals surface area (Å²) >= 11 is 0. The molecular formula is C25H27N3O4S. The third kappa shape index (κ3) is 5.98. The van der Waals surface area contributed by atoms with Gasteiger partial charge >= 0.3 is 0 Å². The van der Waals surface area contributed by atoms with Gasteiger partial charge in [0.25, 0.3) is 21.8 Å². The van der Waals surface area contributed by atoms with Gasteiger partial charge in [-0.2, -0.15) is 0 Å². The van der Waals surface area contributed by atoms with Crippen LogP contribution in [-0.2, 0) is 10.0 Å². The van der Waals surface area contributed by atoms with E-state index in [1.54, 1.807) is 55.5 Å². The van der Waals surface area contributed by atoms with Gasteiger partial charge in [-0.05, 0) is 62.2 Å². The second-order valence-corrected chi connectivity index (χ2v) is 9.36. The molecule has 172 valence electrons. The lowest BCUT2D eigenvalue weighted by Crippen LogP contribution is -2.26. The van der Waals surface area contributed by atoms with Gasteiger partial charge in [-0.15, -0.1) is 0 Å². The molecule has 0 spiro atoms. The molecule has 7 nitrogen and oxygen atoms in total. The zero-order chi connectivity index (χ0) is 24.0. The Balaban J connectivity index is 1.86. The van der Waals surface area contributed by atoms with Crippen LogP contribution in [-0.4, -0.2) is 26.8 Å². The molecule has 3 rings (SSSR count). The monoisotopic (exact) mass is 465 g/mol. The fourth-order valence-corrected chi connectivity index (χ4v) is 4.51. The molecular weight excluding hydrogens is 438 g/mol. The molecule has 0 aliphatic rings. The first kappa shape index (κ1) is 24.0. The van der Waals surface area contributed by atoms with Gasteiger partial charge in [0.2, 0.25) is 0 Å². The first-order chi connectivity index (χ1) is 15.7. The fourth-order valence-electron chi connectivity index (χ4n) is 3.18. The number of aryl methyl sites for hydroxylation is 2. The van der Waals surface area contributed by atoms with Crippen molar-refractivity contribution in [2.45, 2.75) is 32.1 Å². The number of benzene rings is 3. The highest BCUT2D eigenvalue weighted by atomic mass is 32.2. The van der Waals surface area contributed by atoms with Crippen LogP contribution in [0, 0.1) is 13.8 Å². The number of hydrogen-bond acceptors (Lipinski definition) is 4. The second-order valence-electron chi connectivity index (χ2n) is 7.71. The van der Waals surface area contributed by atoms with Crippen LogP contribution < -0.4 is 15.4 Å². The maximum absolute atomic E-state index is 13.0. The Hall–Kier alpha value is -3.65. The Morgan fingerprint density at radius 3 is 2.27 bits per heavy atom. The third-order valence-electron chi connectivity index (χ3n) is 5.00. The van der Waals surface area contributed by atoms with Gasteiger partial charge in [0.05, 0.1) is 16.1 Å². The van der Waals surface area contributed by atoms with E-state index in [9.17, 15) is 18.0 Å². The maximum atomic E-state index is 13.0. The van der Waals surface area contributed by atoms with Crippen molar-refractivity contribution in [2.75, 3.05) is 16.6 Å². The van der Waals surface area contributed by atoms with Crippen LogP contribution in [0.2, 0.25) is 0 Å². The third-order valence-corrected chi connectivity index (χ3v) is 6.52. The number of sulfonamides is 1. The summed E-state index contributed by atoms with van der Waals surface area (Å²) in [5.41, 5.74) is 2.79. The summed E-state index contributed by atoms with van der Waals surface area (Å²) in [6.45, 7) is 6.05. The molecule has 0 atom stereocenters. The van der Waals surface area contributed by atoms with E-state index < -0.39 is 15.9 Å². The van der Waals surface area contributed by atoms with Crippen LogP contribution >= 0.6 is 0 Å². The Bertz CT molecular complexity index is 1270. The molecule has 3 aromatic carbocycles. The number of para-hydroxylation sites is 1. The lowest BCUT2D eigenvalue weighted by atomic mass is 10.1. The van der Waals surface area contributed by atoms with E-state index in [1.807, 2.05) is 26.0 Å². The van der Waals surface area contributed by atoms with Gasteiger partial charge in [0, 0.05) is 17.8 Å². The first-order valence-electron chi connectivity index (χ1n) is 10.6. The molecule has 0 saturated heterocycles. The largest absolute Gasteiger partial charge is 0.352 e. The predicted molar refractivity (Wildman–Crippen MR) is 130 cm³/mol. The minimum atomic E-state index is -3.91. The first-order valence-corrected chi connectivity index (χ1v) is 12.1. The van der Waals surface area contributed by atoms with E-state index in [0.717, 1.165) is 12.0 Å². The average molecular weight is 466 g/mol. The lowest BCUT2D eigenvalue weighted by molar-refractivity contribution is 0.0954. The van der Waals surface area contributed by atoms with Crippen molar-refractivity contribution in [1.29, 1.82) is 0 Å². The molecule has 0 radical (unpaired) electrons. The molecule has 2 amide bonds. The van der Waals surface area contributed by atoms with E-state index in [2.05, 4.69) is 15.4 Å². The molecule has 8 heteroatoms. The van der Waals surface area contributed by atoms with E-state index in [4.69, 9.17) is 0 Å². The van der Waals surface area contributed by atoms with Crippen molar-refractivity contribution in [3.8, 4) is 0 Å². The van der Waals surface area contributed by atoms with E-state index in [1.165, 1.54) is 6.07 Å². The molecule has 3 aromatic rings. The number of amides is 2. The average Bonchev–Trinajstić information content (AvgIpc) is 2.79. The fraction of sp³-hybridized carbons (Fsp3) is 0.200. The van der Waals surface area contributed by atoms with E-state index >= 15 is 0 Å². The molecule has 0 aliphatic carbocycles. The number of anilines is 2. The van der Waals surface area contributed by atoms with Crippen LogP contribution in [0.5, 0.6) is 0 Å². The summed E-state index contributed by atoms with van der Waals surface area (Å²) in [6.07, 6.45) is 0.789. The van der Waals surface area contributed by atoms with Crippen LogP contribution in [0.4, 0.5) is 11.4 Å². The van der Waals surface area contributed by atoms with Crippen molar-refractivity contribution in [3.05, 3.63) is 89.0 Å². The van der Waals surface area contributed by atoms with Gasteiger partial charge < -0.3 is 10.6 Å². The molecule has 0 saturated carbocycles. The Morgan fingerprint density at radius 2 is 1.58 bits per heavy atom. The molecule has 0 aliphatic heterocycles. The van der Waals surface area contributed by atoms with Gasteiger partial charge in [0.15, 0.2) is 0 Å². The second kappa shape index (κ2) is 10.3. The number of nitrogens with one attached hydrogen (secondary N) is 3. The summed E-state index contributed by atoms with van der Waals surface area (Å²) in [5.74, 6) is -0.806. The highest BCUT2D eigenvalue weighted by Gasteiger charge is 2.20. The Labute approximate surface area is 194 Å². The minimum Gasteiger partial charge on any atom is -0.352 e. The van der Waals surface area contributed by atoms with E-state index in [-0.39, 0.29) is 16.4 Å². The summed E-state index contributed by atoms with van der Waals surface area (Å²) in [4.78, 5) is 25.4. The topological polar surface area (TPSA) is 104 Å². The van der Waals surface area contributed by atoms with Crippen molar-refractivity contribution >= 4 is 33.2 Å². The molecule has 3 N–H and O–H groups in total. The van der Waals surface area contributed by atoms with Gasteiger partial charge in [-0.3, -0.25) is 14.3 Å². The molecule has 0 bridgehead atoms. The van der Waals surface area contributed by atoms with E-state index in [0.29, 0.717) is 29.0 Å². The molecule has 0 aromatic heterocycles. The molecule has 0 unspecified atom stereocenters. The predicted octanol–water partition coefficient (Wildman–Crippen LogP) is 4.50. The van der Waals surface area contributed by atoms with Gasteiger partial charge in [-0.25, -0.2) is 8.42 Å². The van der Waals surface area contributed by atoms with Crippen LogP contribution in [0.1, 0.15) is 45.2 Å². The molecule has 0 heterocycles. The maximum Gasteiger partial charge on any atom is 0.262 e. The van der Waals surface area contributed by atoms with Crippen LogP contribution in [0.25, 0.3) is 0 Å². The van der Waals surface area contributed by atoms with Crippen molar-refractivity contribution < 1.29 is 18.0 Å². The lowest BCUT2D eigenvalue weighted by Gasteiger charge is -2.14. The number of carbonyl (C=O) groups is 2. The number of hydrogen-bond donors (Lipinski definition) is 3. The summed E-state index contributed by atoms with van der Waals surface area (Å²) < 4.78 is 28.5. The molecule has 0 fully saturated rings. The highest BCUT2D eigenvalue weighted by molar-refractivity contribution is 7.92. The zero-order valence-corrected chi connectivity index (χ0v) is 19.6. The summed E-state index contributed by atoms with van der Waals surface area (Å²) in [7, 11) is -3.91. The molecule has 33 heavy (non-hydrogen) atoms. The van der Waals surface area contributed by atoms with Crippen molar-refractivity contribution in [2.24, 2.45) is 0 Å². The van der Waals surface area contributed by atoms with Crippen molar-refractivity contribution in [1.82, 2.24) is 5.32 Å². The minimum absolute atomic E-state index is 0.00435. The van der Waals surface area contributed by atoms with Crippen LogP contribution in [0.15, 0.2) is 71.6 Å². The van der Waals surface area contributed by atoms with Crippen molar-refractivity contribution in [3.63, 3.8) is 0 Å². The van der Waals surface area contributed by atoms with Gasteiger partial charge in [-0.1, -0.05) is 42.8 Å². The standard InChI is InChI=1S/C25H27N3O4S/c1-4-15-26-25(30)21-7-5-6-8-22(21)27-24(29)19-12-11-18(3)23(16-19)33(31,32)28-20-13-9-17(2)10-14-20/h5-14,16,28H,4,15H2,1-3H3,(H,26,30)(H,27,29). The Kier molecular flexibility index (Phi) is 7.50. The SMILES string of the molecule is CCCNC(=O)c1ccccc1NC(=O)c1ccc(C)c(S(=O)(=O)Nc2ccc(C)cc2)c1. The Morgan fingerprint density at radius 1 is 0.879 bits per heavy atom. The number of rotatable bonds is 8. The summed E-state index contributed by atoms with van der Waals surface area (Å²) in [5, 5.41) is 5.51. The normalized spacial score (nSPS) is 11.0. The highest BCUT2D eigenvalue weighted by Crippen LogP contribution is 2.23. The summed E-state index contributed by atoms with van der Waals surface area (Å²) in [6, 6.07) is 18.1. The van der Waals surface area contributed by atoms with Gasteiger partial charge in [0.1, 0.15) is 0 Å².